The van der Waals surface area contributed by atoms with Gasteiger partial charge in [-0.2, -0.15) is 0 Å². The number of aryl methyl sites for hydroxylation is 1. The smallest absolute Gasteiger partial charge is 0.0638 e. The molecule has 2 rings (SSSR count). The fourth-order valence-corrected chi connectivity index (χ4v) is 2.30. The van der Waals surface area contributed by atoms with E-state index in [-0.39, 0.29) is 5.41 Å². The zero-order chi connectivity index (χ0) is 11.1. The van der Waals surface area contributed by atoms with Crippen LogP contribution in [0.25, 0.3) is 0 Å². The molecule has 1 aliphatic rings. The first kappa shape index (κ1) is 10.5. The predicted molar refractivity (Wildman–Crippen MR) is 64.5 cm³/mol. The molecule has 1 aromatic rings. The molecular weight excluding hydrogens is 184 g/mol. The van der Waals surface area contributed by atoms with Crippen LogP contribution in [0, 0.1) is 6.92 Å². The lowest BCUT2D eigenvalue weighted by molar-refractivity contribution is 0.581. The molecule has 0 aliphatic carbocycles. The summed E-state index contributed by atoms with van der Waals surface area (Å²) in [6, 6.07) is 0. The minimum absolute atomic E-state index is 0.186. The van der Waals surface area contributed by atoms with Gasteiger partial charge in [-0.3, -0.25) is 4.98 Å². The summed E-state index contributed by atoms with van der Waals surface area (Å²) < 4.78 is 0. The molecule has 0 saturated carbocycles. The molecule has 0 amide bonds. The van der Waals surface area contributed by atoms with E-state index in [4.69, 9.17) is 0 Å². The van der Waals surface area contributed by atoms with Gasteiger partial charge in [0.25, 0.3) is 0 Å². The van der Waals surface area contributed by atoms with E-state index in [1.165, 1.54) is 28.9 Å². The second-order valence-electron chi connectivity index (χ2n) is 5.40. The Morgan fingerprint density at radius 1 is 1.33 bits per heavy atom. The SMILES string of the molecule is Cc1c(C(C)(C)C)cnc2c1NCCC2. The molecule has 82 valence electrons. The summed E-state index contributed by atoms with van der Waals surface area (Å²) in [7, 11) is 0. The summed E-state index contributed by atoms with van der Waals surface area (Å²) >= 11 is 0. The van der Waals surface area contributed by atoms with Crippen LogP contribution in [0.4, 0.5) is 5.69 Å². The van der Waals surface area contributed by atoms with E-state index in [1.807, 2.05) is 0 Å². The van der Waals surface area contributed by atoms with Crippen LogP contribution in [-0.2, 0) is 11.8 Å². The van der Waals surface area contributed by atoms with Gasteiger partial charge in [-0.25, -0.2) is 0 Å². The van der Waals surface area contributed by atoms with Crippen LogP contribution in [0.15, 0.2) is 6.20 Å². The molecule has 0 unspecified atom stereocenters. The van der Waals surface area contributed by atoms with Crippen LogP contribution in [0.3, 0.4) is 0 Å². The van der Waals surface area contributed by atoms with E-state index in [2.05, 4.69) is 44.2 Å². The Morgan fingerprint density at radius 3 is 2.73 bits per heavy atom. The van der Waals surface area contributed by atoms with Crippen molar-refractivity contribution in [2.45, 2.75) is 46.0 Å². The number of aromatic nitrogens is 1. The van der Waals surface area contributed by atoms with Gasteiger partial charge >= 0.3 is 0 Å². The first-order chi connectivity index (χ1) is 7.00. The second-order valence-corrected chi connectivity index (χ2v) is 5.40. The highest BCUT2D eigenvalue weighted by molar-refractivity contribution is 5.59. The fraction of sp³-hybridized carbons (Fsp3) is 0.615. The number of rotatable bonds is 0. The number of hydrogen-bond acceptors (Lipinski definition) is 2. The van der Waals surface area contributed by atoms with Crippen molar-refractivity contribution in [1.82, 2.24) is 4.98 Å². The Balaban J connectivity index is 2.53. The Labute approximate surface area is 92.1 Å². The van der Waals surface area contributed by atoms with E-state index in [9.17, 15) is 0 Å². The molecule has 0 atom stereocenters. The number of anilines is 1. The third-order valence-corrected chi connectivity index (χ3v) is 3.12. The van der Waals surface area contributed by atoms with Crippen molar-refractivity contribution in [2.75, 3.05) is 11.9 Å². The minimum atomic E-state index is 0.186. The molecule has 1 aliphatic heterocycles. The van der Waals surface area contributed by atoms with E-state index < -0.39 is 0 Å². The highest BCUT2D eigenvalue weighted by atomic mass is 14.9. The maximum absolute atomic E-state index is 4.58. The Hall–Kier alpha value is -1.05. The van der Waals surface area contributed by atoms with Crippen molar-refractivity contribution in [3.63, 3.8) is 0 Å². The third kappa shape index (κ3) is 1.85. The molecule has 0 fully saturated rings. The summed E-state index contributed by atoms with van der Waals surface area (Å²) in [5, 5.41) is 3.48. The molecule has 0 saturated heterocycles. The van der Waals surface area contributed by atoms with Crippen molar-refractivity contribution in [2.24, 2.45) is 0 Å². The van der Waals surface area contributed by atoms with Gasteiger partial charge < -0.3 is 5.32 Å². The third-order valence-electron chi connectivity index (χ3n) is 3.12. The van der Waals surface area contributed by atoms with Gasteiger partial charge in [-0.1, -0.05) is 20.8 Å². The Kier molecular flexibility index (Phi) is 2.45. The van der Waals surface area contributed by atoms with Crippen LogP contribution in [0.2, 0.25) is 0 Å². The minimum Gasteiger partial charge on any atom is -0.383 e. The molecule has 1 aromatic heterocycles. The summed E-state index contributed by atoms with van der Waals surface area (Å²) in [6.45, 7) is 10.0. The number of hydrogen-bond donors (Lipinski definition) is 1. The van der Waals surface area contributed by atoms with Gasteiger partial charge in [0.1, 0.15) is 0 Å². The number of fused-ring (bicyclic) bond motifs is 1. The number of nitrogens with zero attached hydrogens (tertiary/aromatic N) is 1. The first-order valence-corrected chi connectivity index (χ1v) is 5.73. The van der Waals surface area contributed by atoms with Crippen molar-refractivity contribution < 1.29 is 0 Å². The van der Waals surface area contributed by atoms with Crippen LogP contribution >= 0.6 is 0 Å². The van der Waals surface area contributed by atoms with Crippen molar-refractivity contribution in [1.29, 1.82) is 0 Å². The average Bonchev–Trinajstić information content (AvgIpc) is 2.16. The highest BCUT2D eigenvalue weighted by Gasteiger charge is 2.21. The Morgan fingerprint density at radius 2 is 2.07 bits per heavy atom. The predicted octanol–water partition coefficient (Wildman–Crippen LogP) is 3.05. The molecule has 15 heavy (non-hydrogen) atoms. The zero-order valence-corrected chi connectivity index (χ0v) is 10.1. The van der Waals surface area contributed by atoms with E-state index in [0.717, 1.165) is 13.0 Å². The van der Waals surface area contributed by atoms with E-state index >= 15 is 0 Å². The van der Waals surface area contributed by atoms with E-state index in [1.54, 1.807) is 0 Å². The fourth-order valence-electron chi connectivity index (χ4n) is 2.30. The maximum atomic E-state index is 4.58. The molecule has 2 heteroatoms. The summed E-state index contributed by atoms with van der Waals surface area (Å²) in [5.41, 5.74) is 5.45. The monoisotopic (exact) mass is 204 g/mol. The van der Waals surface area contributed by atoms with Gasteiger partial charge in [0.2, 0.25) is 0 Å². The summed E-state index contributed by atoms with van der Waals surface area (Å²) in [4.78, 5) is 4.58. The largest absolute Gasteiger partial charge is 0.383 e. The van der Waals surface area contributed by atoms with Crippen LogP contribution in [-0.4, -0.2) is 11.5 Å². The molecule has 0 aromatic carbocycles. The first-order valence-electron chi connectivity index (χ1n) is 5.73. The quantitative estimate of drug-likeness (QED) is 0.702. The topological polar surface area (TPSA) is 24.9 Å². The average molecular weight is 204 g/mol. The normalized spacial score (nSPS) is 15.7. The number of nitrogens with one attached hydrogen (secondary N) is 1. The zero-order valence-electron chi connectivity index (χ0n) is 10.1. The summed E-state index contributed by atoms with van der Waals surface area (Å²) in [6.07, 6.45) is 4.38. The Bertz CT molecular complexity index is 375. The highest BCUT2D eigenvalue weighted by Crippen LogP contribution is 2.32. The van der Waals surface area contributed by atoms with Gasteiger partial charge in [0, 0.05) is 12.7 Å². The van der Waals surface area contributed by atoms with Gasteiger partial charge in [0.05, 0.1) is 11.4 Å². The van der Waals surface area contributed by atoms with Crippen LogP contribution in [0.1, 0.15) is 44.0 Å². The van der Waals surface area contributed by atoms with Crippen molar-refractivity contribution in [3.05, 3.63) is 23.0 Å². The van der Waals surface area contributed by atoms with Crippen molar-refractivity contribution >= 4 is 5.69 Å². The van der Waals surface area contributed by atoms with E-state index in [0.29, 0.717) is 0 Å². The second kappa shape index (κ2) is 3.51. The van der Waals surface area contributed by atoms with Crippen LogP contribution < -0.4 is 5.32 Å². The molecule has 0 bridgehead atoms. The molecule has 0 spiro atoms. The molecule has 2 heterocycles. The maximum Gasteiger partial charge on any atom is 0.0638 e. The summed E-state index contributed by atoms with van der Waals surface area (Å²) in [5.74, 6) is 0. The lowest BCUT2D eigenvalue weighted by atomic mass is 9.84. The van der Waals surface area contributed by atoms with Gasteiger partial charge in [-0.15, -0.1) is 0 Å². The number of pyridine rings is 1. The lowest BCUT2D eigenvalue weighted by Crippen LogP contribution is -2.20. The molecule has 2 nitrogen and oxygen atoms in total. The standard InChI is InChI=1S/C13H20N2/c1-9-10(13(2,3)4)8-15-11-6-5-7-14-12(9)11/h8,14H,5-7H2,1-4H3. The van der Waals surface area contributed by atoms with Crippen molar-refractivity contribution in [3.8, 4) is 0 Å². The molecular formula is C13H20N2. The van der Waals surface area contributed by atoms with Gasteiger partial charge in [-0.05, 0) is 36.3 Å². The van der Waals surface area contributed by atoms with Gasteiger partial charge in [0.15, 0.2) is 0 Å². The van der Waals surface area contributed by atoms with Crippen LogP contribution in [0.5, 0.6) is 0 Å². The lowest BCUT2D eigenvalue weighted by Gasteiger charge is -2.26. The molecule has 1 N–H and O–H groups in total. The molecule has 0 radical (unpaired) electrons.